The number of benzene rings is 6. The molecule has 0 radical (unpaired) electrons. The molecule has 6 rings (SSSR count). The van der Waals surface area contributed by atoms with Crippen LogP contribution in [0.15, 0.2) is 84.9 Å². The van der Waals surface area contributed by atoms with Crippen LogP contribution in [0.3, 0.4) is 0 Å². The Kier molecular flexibility index (Phi) is 7.44. The number of hydrogen-bond acceptors (Lipinski definition) is 0. The van der Waals surface area contributed by atoms with E-state index in [0.717, 1.165) is 11.1 Å². The van der Waals surface area contributed by atoms with E-state index < -0.39 is 0 Å². The van der Waals surface area contributed by atoms with Crippen LogP contribution in [-0.4, -0.2) is 0 Å². The van der Waals surface area contributed by atoms with E-state index in [2.05, 4.69) is 180 Å². The zero-order chi connectivity index (χ0) is 33.4. The highest BCUT2D eigenvalue weighted by atomic mass is 14.2. The molecule has 0 saturated heterocycles. The fraction of sp³-hybridized carbons (Fsp3) is 0.348. The van der Waals surface area contributed by atoms with Crippen molar-refractivity contribution in [1.29, 1.82) is 0 Å². The Morgan fingerprint density at radius 2 is 0.630 bits per heavy atom. The van der Waals surface area contributed by atoms with Crippen molar-refractivity contribution in [2.75, 3.05) is 0 Å². The van der Waals surface area contributed by atoms with Crippen molar-refractivity contribution in [2.24, 2.45) is 0 Å². The summed E-state index contributed by atoms with van der Waals surface area (Å²) in [6, 6.07) is 32.5. The van der Waals surface area contributed by atoms with Crippen LogP contribution >= 0.6 is 0 Å². The van der Waals surface area contributed by atoms with Gasteiger partial charge in [-0.1, -0.05) is 168 Å². The second-order valence-corrected chi connectivity index (χ2v) is 17.5. The molecular weight excluding hydrogens is 553 g/mol. The molecule has 0 nitrogen and oxygen atoms in total. The van der Waals surface area contributed by atoms with E-state index >= 15 is 0 Å². The van der Waals surface area contributed by atoms with Gasteiger partial charge < -0.3 is 0 Å². The third kappa shape index (κ3) is 5.94. The normalized spacial score (nSPS) is 13.0. The third-order valence-electron chi connectivity index (χ3n) is 9.66. The lowest BCUT2D eigenvalue weighted by Crippen LogP contribution is -2.12. The molecule has 0 spiro atoms. The Balaban J connectivity index is 1.67. The van der Waals surface area contributed by atoms with Crippen LogP contribution in [-0.2, 0) is 21.7 Å². The Morgan fingerprint density at radius 1 is 0.326 bits per heavy atom. The molecule has 0 aliphatic heterocycles. The van der Waals surface area contributed by atoms with Crippen LogP contribution < -0.4 is 0 Å². The lowest BCUT2D eigenvalue weighted by atomic mass is 9.82. The first-order valence-electron chi connectivity index (χ1n) is 16.9. The van der Waals surface area contributed by atoms with Crippen molar-refractivity contribution in [3.8, 4) is 11.8 Å². The second kappa shape index (κ2) is 10.7. The first-order chi connectivity index (χ1) is 21.3. The molecule has 0 heterocycles. The maximum atomic E-state index is 3.77. The first kappa shape index (κ1) is 31.9. The average Bonchev–Trinajstić information content (AvgIpc) is 2.96. The van der Waals surface area contributed by atoms with E-state index in [1.54, 1.807) is 0 Å². The number of rotatable bonds is 0. The van der Waals surface area contributed by atoms with Gasteiger partial charge in [0, 0.05) is 21.9 Å². The SMILES string of the molecule is CC(C)(C)c1ccc2c(ccc3cc(C(C)(C)C)cc(C#Cc4cc(C(C)(C)C)cc5ccc6cc(C(C)(C)C)ccc6c45)c32)c1. The monoisotopic (exact) mass is 602 g/mol. The van der Waals surface area contributed by atoms with Crippen LogP contribution in [0.25, 0.3) is 43.1 Å². The quantitative estimate of drug-likeness (QED) is 0.120. The molecule has 0 amide bonds. The highest BCUT2D eigenvalue weighted by molar-refractivity contribution is 6.12. The van der Waals surface area contributed by atoms with Gasteiger partial charge in [0.1, 0.15) is 0 Å². The van der Waals surface area contributed by atoms with Crippen molar-refractivity contribution in [1.82, 2.24) is 0 Å². The van der Waals surface area contributed by atoms with Gasteiger partial charge in [0.15, 0.2) is 0 Å². The van der Waals surface area contributed by atoms with E-state index in [-0.39, 0.29) is 21.7 Å². The Morgan fingerprint density at radius 3 is 0.957 bits per heavy atom. The minimum atomic E-state index is 0.00941. The summed E-state index contributed by atoms with van der Waals surface area (Å²) in [5.74, 6) is 7.55. The maximum absolute atomic E-state index is 3.77. The smallest absolute Gasteiger partial charge is 0.0336 e. The largest absolute Gasteiger partial charge is 0.0609 e. The van der Waals surface area contributed by atoms with Crippen molar-refractivity contribution < 1.29 is 0 Å². The Bertz CT molecular complexity index is 2060. The van der Waals surface area contributed by atoms with Crippen LogP contribution in [0.4, 0.5) is 0 Å². The Hall–Kier alpha value is -4.08. The lowest BCUT2D eigenvalue weighted by Gasteiger charge is -2.22. The molecule has 0 fully saturated rings. The van der Waals surface area contributed by atoms with E-state index in [1.165, 1.54) is 65.3 Å². The highest BCUT2D eigenvalue weighted by Crippen LogP contribution is 2.37. The molecule has 0 atom stereocenters. The number of hydrogen-bond donors (Lipinski definition) is 0. The van der Waals surface area contributed by atoms with Gasteiger partial charge in [-0.2, -0.15) is 0 Å². The van der Waals surface area contributed by atoms with Gasteiger partial charge in [0.2, 0.25) is 0 Å². The summed E-state index contributed by atoms with van der Waals surface area (Å²) >= 11 is 0. The van der Waals surface area contributed by atoms with E-state index in [0.29, 0.717) is 0 Å². The molecule has 6 aromatic carbocycles. The molecule has 0 aliphatic carbocycles. The zero-order valence-electron chi connectivity index (χ0n) is 30.1. The zero-order valence-corrected chi connectivity index (χ0v) is 30.1. The van der Waals surface area contributed by atoms with E-state index in [4.69, 9.17) is 0 Å². The summed E-state index contributed by atoms with van der Waals surface area (Å²) in [5, 5.41) is 10.1. The summed E-state index contributed by atoms with van der Waals surface area (Å²) in [6.45, 7) is 27.5. The van der Waals surface area contributed by atoms with Gasteiger partial charge in [0.05, 0.1) is 0 Å². The van der Waals surface area contributed by atoms with Gasteiger partial charge in [0.25, 0.3) is 0 Å². The van der Waals surface area contributed by atoms with Crippen LogP contribution in [0.5, 0.6) is 0 Å². The average molecular weight is 603 g/mol. The molecule has 0 saturated carbocycles. The highest BCUT2D eigenvalue weighted by Gasteiger charge is 2.21. The molecule has 0 aromatic heterocycles. The molecular formula is C46H50. The van der Waals surface area contributed by atoms with Gasteiger partial charge in [-0.3, -0.25) is 0 Å². The first-order valence-corrected chi connectivity index (χ1v) is 16.9. The molecule has 0 heteroatoms. The molecule has 0 N–H and O–H groups in total. The lowest BCUT2D eigenvalue weighted by molar-refractivity contribution is 0.590. The van der Waals surface area contributed by atoms with Crippen LogP contribution in [0.1, 0.15) is 116 Å². The molecule has 234 valence electrons. The summed E-state index contributed by atoms with van der Waals surface area (Å²) in [5.41, 5.74) is 7.73. The second-order valence-electron chi connectivity index (χ2n) is 17.5. The van der Waals surface area contributed by atoms with Crippen molar-refractivity contribution in [2.45, 2.75) is 105 Å². The fourth-order valence-corrected chi connectivity index (χ4v) is 6.54. The molecule has 6 aromatic rings. The predicted molar refractivity (Wildman–Crippen MR) is 204 cm³/mol. The molecule has 46 heavy (non-hydrogen) atoms. The van der Waals surface area contributed by atoms with Crippen LogP contribution in [0, 0.1) is 11.8 Å². The van der Waals surface area contributed by atoms with Crippen molar-refractivity contribution >= 4 is 43.1 Å². The van der Waals surface area contributed by atoms with Gasteiger partial charge >= 0.3 is 0 Å². The standard InChI is InChI=1S/C46H50/c1-43(2,3)35-19-21-39-29(23-35)13-15-31-25-37(45(7,8)9)27-33(41(31)39)17-18-34-28-38(46(10,11)12)26-32-16-14-30-24-36(44(4,5)6)20-22-40(30)42(32)34/h13-16,19-28H,1-12H3. The van der Waals surface area contributed by atoms with Crippen LogP contribution in [0.2, 0.25) is 0 Å². The van der Waals surface area contributed by atoms with Crippen molar-refractivity contribution in [3.63, 3.8) is 0 Å². The molecule has 0 aliphatic rings. The van der Waals surface area contributed by atoms with Gasteiger partial charge in [-0.05, 0) is 88.4 Å². The molecule has 0 bridgehead atoms. The fourth-order valence-electron chi connectivity index (χ4n) is 6.54. The van der Waals surface area contributed by atoms with E-state index in [9.17, 15) is 0 Å². The minimum absolute atomic E-state index is 0.00941. The van der Waals surface area contributed by atoms with Gasteiger partial charge in [-0.15, -0.1) is 0 Å². The summed E-state index contributed by atoms with van der Waals surface area (Å²) < 4.78 is 0. The molecule has 0 unspecified atom stereocenters. The topological polar surface area (TPSA) is 0 Å². The predicted octanol–water partition coefficient (Wildman–Crippen LogP) is 12.9. The van der Waals surface area contributed by atoms with Gasteiger partial charge in [-0.25, -0.2) is 0 Å². The summed E-state index contributed by atoms with van der Waals surface area (Å²) in [4.78, 5) is 0. The van der Waals surface area contributed by atoms with E-state index in [1.807, 2.05) is 0 Å². The maximum Gasteiger partial charge on any atom is 0.0336 e. The number of fused-ring (bicyclic) bond motifs is 6. The summed E-state index contributed by atoms with van der Waals surface area (Å²) in [6.07, 6.45) is 0. The third-order valence-corrected chi connectivity index (χ3v) is 9.66. The minimum Gasteiger partial charge on any atom is -0.0609 e. The Labute approximate surface area is 277 Å². The van der Waals surface area contributed by atoms with Crippen molar-refractivity contribution in [3.05, 3.63) is 118 Å². The summed E-state index contributed by atoms with van der Waals surface area (Å²) in [7, 11) is 0.